The molecule has 0 aliphatic rings. The molecule has 2 N–H and O–H groups in total. The van der Waals surface area contributed by atoms with Gasteiger partial charge >= 0.3 is 0 Å². The molecule has 0 saturated carbocycles. The molecule has 0 saturated heterocycles. The lowest BCUT2D eigenvalue weighted by atomic mass is 9.92. The number of aliphatic hydroxyl groups is 1. The van der Waals surface area contributed by atoms with Crippen molar-refractivity contribution in [1.29, 1.82) is 0 Å². The highest BCUT2D eigenvalue weighted by Gasteiger charge is 2.29. The lowest BCUT2D eigenvalue weighted by Crippen LogP contribution is -2.36. The summed E-state index contributed by atoms with van der Waals surface area (Å²) in [5, 5.41) is 13.2. The van der Waals surface area contributed by atoms with E-state index in [0.717, 1.165) is 10.2 Å². The van der Waals surface area contributed by atoms with E-state index in [-0.39, 0.29) is 11.6 Å². The third-order valence-electron chi connectivity index (χ3n) is 3.19. The van der Waals surface area contributed by atoms with Crippen LogP contribution in [0.3, 0.4) is 0 Å². The minimum Gasteiger partial charge on any atom is -0.394 e. The Morgan fingerprint density at radius 1 is 1.19 bits per heavy atom. The lowest BCUT2D eigenvalue weighted by molar-refractivity contribution is 0.224. The fraction of sp³-hybridized carbons (Fsp3) is 0.200. The van der Waals surface area contributed by atoms with Crippen LogP contribution >= 0.6 is 39.1 Å². The van der Waals surface area contributed by atoms with Gasteiger partial charge in [0.25, 0.3) is 0 Å². The zero-order chi connectivity index (χ0) is 15.6. The molecule has 1 atom stereocenters. The molecule has 0 heterocycles. The Morgan fingerprint density at radius 2 is 1.81 bits per heavy atom. The van der Waals surface area contributed by atoms with Crippen molar-refractivity contribution in [3.05, 3.63) is 62.3 Å². The fourth-order valence-electron chi connectivity index (χ4n) is 1.99. The molecule has 0 fully saturated rings. The van der Waals surface area contributed by atoms with Gasteiger partial charge in [-0.1, -0.05) is 39.1 Å². The average Bonchev–Trinajstić information content (AvgIpc) is 2.45. The first-order chi connectivity index (χ1) is 9.85. The molecule has 2 aromatic rings. The molecule has 2 nitrogen and oxygen atoms in total. The summed E-state index contributed by atoms with van der Waals surface area (Å²) in [6.45, 7) is 1.48. The topological polar surface area (TPSA) is 32.3 Å². The zero-order valence-electron chi connectivity index (χ0n) is 11.1. The number of nitrogens with one attached hydrogen (secondary N) is 1. The second-order valence-electron chi connectivity index (χ2n) is 4.87. The van der Waals surface area contributed by atoms with Gasteiger partial charge in [-0.25, -0.2) is 4.39 Å². The van der Waals surface area contributed by atoms with Crippen LogP contribution in [0, 0.1) is 5.82 Å². The molecule has 0 amide bonds. The standard InChI is InChI=1S/C15H13BrCl2FNO/c1-15(8-21,20-10-4-2-9(16)3-5-10)11-6-14(19)13(18)7-12(11)17/h2-7,20-21H,8H2,1H3. The molecule has 2 rings (SSSR count). The van der Waals surface area contributed by atoms with Crippen molar-refractivity contribution in [3.8, 4) is 0 Å². The fourth-order valence-corrected chi connectivity index (χ4v) is 2.85. The van der Waals surface area contributed by atoms with Gasteiger partial charge in [0, 0.05) is 20.7 Å². The molecule has 2 aromatic carbocycles. The quantitative estimate of drug-likeness (QED) is 0.699. The molecular weight excluding hydrogens is 380 g/mol. The largest absolute Gasteiger partial charge is 0.394 e. The number of hydrogen-bond acceptors (Lipinski definition) is 2. The predicted octanol–water partition coefficient (Wildman–Crippen LogP) is 5.21. The molecule has 21 heavy (non-hydrogen) atoms. The Kier molecular flexibility index (Phi) is 5.15. The maximum atomic E-state index is 13.7. The van der Waals surface area contributed by atoms with Crippen LogP contribution in [-0.2, 0) is 5.54 Å². The minimum absolute atomic E-state index is 0.0484. The van der Waals surface area contributed by atoms with Crippen LogP contribution in [0.5, 0.6) is 0 Å². The highest BCUT2D eigenvalue weighted by molar-refractivity contribution is 9.10. The van der Waals surface area contributed by atoms with Gasteiger partial charge in [-0.05, 0) is 43.3 Å². The highest BCUT2D eigenvalue weighted by Crippen LogP contribution is 2.34. The molecule has 0 spiro atoms. The number of hydrogen-bond donors (Lipinski definition) is 2. The molecule has 112 valence electrons. The van der Waals surface area contributed by atoms with Gasteiger partial charge in [0.2, 0.25) is 0 Å². The van der Waals surface area contributed by atoms with Crippen LogP contribution in [0.4, 0.5) is 10.1 Å². The van der Waals surface area contributed by atoms with Crippen molar-refractivity contribution >= 4 is 44.8 Å². The van der Waals surface area contributed by atoms with Crippen molar-refractivity contribution in [2.45, 2.75) is 12.5 Å². The van der Waals surface area contributed by atoms with Crippen LogP contribution in [-0.4, -0.2) is 11.7 Å². The van der Waals surface area contributed by atoms with E-state index in [1.165, 1.54) is 12.1 Å². The second kappa shape index (κ2) is 6.53. The first-order valence-corrected chi connectivity index (χ1v) is 7.70. The Bertz CT molecular complexity index is 651. The second-order valence-corrected chi connectivity index (χ2v) is 6.60. The highest BCUT2D eigenvalue weighted by atomic mass is 79.9. The molecule has 6 heteroatoms. The van der Waals surface area contributed by atoms with Crippen molar-refractivity contribution < 1.29 is 9.50 Å². The Balaban J connectivity index is 2.41. The van der Waals surface area contributed by atoms with E-state index < -0.39 is 11.4 Å². The number of benzene rings is 2. The van der Waals surface area contributed by atoms with Gasteiger partial charge in [-0.3, -0.25) is 0 Å². The van der Waals surface area contributed by atoms with E-state index in [4.69, 9.17) is 23.2 Å². The average molecular weight is 393 g/mol. The number of halogens is 4. The third kappa shape index (κ3) is 3.69. The van der Waals surface area contributed by atoms with E-state index >= 15 is 0 Å². The predicted molar refractivity (Wildman–Crippen MR) is 88.6 cm³/mol. The van der Waals surface area contributed by atoms with Crippen molar-refractivity contribution in [3.63, 3.8) is 0 Å². The number of anilines is 1. The summed E-state index contributed by atoms with van der Waals surface area (Å²) >= 11 is 15.2. The maximum absolute atomic E-state index is 13.7. The van der Waals surface area contributed by atoms with Gasteiger partial charge in [-0.2, -0.15) is 0 Å². The molecule has 0 aliphatic carbocycles. The molecule has 1 unspecified atom stereocenters. The Hall–Kier alpha value is -0.810. The van der Waals surface area contributed by atoms with Crippen molar-refractivity contribution in [2.24, 2.45) is 0 Å². The van der Waals surface area contributed by atoms with Crippen LogP contribution < -0.4 is 5.32 Å². The summed E-state index contributed by atoms with van der Waals surface area (Å²) in [5.74, 6) is -0.576. The lowest BCUT2D eigenvalue weighted by Gasteiger charge is -2.31. The van der Waals surface area contributed by atoms with Gasteiger partial charge in [0.1, 0.15) is 5.82 Å². The molecule has 0 aromatic heterocycles. The third-order valence-corrected chi connectivity index (χ3v) is 4.32. The Morgan fingerprint density at radius 3 is 2.38 bits per heavy atom. The van der Waals surface area contributed by atoms with E-state index in [1.807, 2.05) is 24.3 Å². The zero-order valence-corrected chi connectivity index (χ0v) is 14.2. The van der Waals surface area contributed by atoms with Gasteiger partial charge in [-0.15, -0.1) is 0 Å². The monoisotopic (exact) mass is 391 g/mol. The minimum atomic E-state index is -0.934. The van der Waals surface area contributed by atoms with Gasteiger partial charge < -0.3 is 10.4 Å². The molecule has 0 bridgehead atoms. The van der Waals surface area contributed by atoms with Gasteiger partial charge in [0.15, 0.2) is 0 Å². The van der Waals surface area contributed by atoms with E-state index in [2.05, 4.69) is 21.2 Å². The normalized spacial score (nSPS) is 13.8. The van der Waals surface area contributed by atoms with E-state index in [9.17, 15) is 9.50 Å². The number of rotatable bonds is 4. The first-order valence-electron chi connectivity index (χ1n) is 6.15. The number of aliphatic hydroxyl groups excluding tert-OH is 1. The van der Waals surface area contributed by atoms with Crippen LogP contribution in [0.25, 0.3) is 0 Å². The summed E-state index contributed by atoms with van der Waals surface area (Å²) in [5.41, 5.74) is 0.286. The Labute approximate surface area is 141 Å². The maximum Gasteiger partial charge on any atom is 0.142 e. The summed E-state index contributed by atoms with van der Waals surface area (Å²) in [4.78, 5) is 0. The summed E-state index contributed by atoms with van der Waals surface area (Å²) < 4.78 is 14.7. The molecule has 0 radical (unpaired) electrons. The van der Waals surface area contributed by atoms with Crippen LogP contribution in [0.2, 0.25) is 10.0 Å². The summed E-state index contributed by atoms with van der Waals surface area (Å²) in [6, 6.07) is 10.0. The van der Waals surface area contributed by atoms with Crippen molar-refractivity contribution in [2.75, 3.05) is 11.9 Å². The summed E-state index contributed by atoms with van der Waals surface area (Å²) in [7, 11) is 0. The smallest absolute Gasteiger partial charge is 0.142 e. The van der Waals surface area contributed by atoms with E-state index in [0.29, 0.717) is 10.6 Å². The van der Waals surface area contributed by atoms with Crippen LogP contribution in [0.15, 0.2) is 40.9 Å². The van der Waals surface area contributed by atoms with Gasteiger partial charge in [0.05, 0.1) is 17.2 Å². The van der Waals surface area contributed by atoms with Crippen LogP contribution in [0.1, 0.15) is 12.5 Å². The molecular formula is C15H13BrCl2FNO. The first kappa shape index (κ1) is 16.6. The SMILES string of the molecule is CC(CO)(Nc1ccc(Br)cc1)c1cc(F)c(Cl)cc1Cl. The van der Waals surface area contributed by atoms with Crippen molar-refractivity contribution in [1.82, 2.24) is 0 Å². The molecule has 0 aliphatic heterocycles. The summed E-state index contributed by atoms with van der Waals surface area (Å²) in [6.07, 6.45) is 0. The van der Waals surface area contributed by atoms with E-state index in [1.54, 1.807) is 6.92 Å².